The fourth-order valence-corrected chi connectivity index (χ4v) is 3.74. The Labute approximate surface area is 146 Å². The third-order valence-electron chi connectivity index (χ3n) is 3.17. The van der Waals surface area contributed by atoms with Gasteiger partial charge in [0.15, 0.2) is 16.0 Å². The van der Waals surface area contributed by atoms with Crippen molar-refractivity contribution in [1.29, 1.82) is 0 Å². The number of fused-ring (bicyclic) bond motifs is 1. The van der Waals surface area contributed by atoms with Gasteiger partial charge in [-0.25, -0.2) is 15.0 Å². The number of nitrogens with one attached hydrogen (secondary N) is 1. The standard InChI is InChI=1S/C15H13ClN4OS2/c1-7-4-8(2)11-10(5-7)23-15(18-11)20-13(21)12-9(16)6-17-14(19-12)22-3/h4-6H,1-3H3,(H,18,20,21). The Balaban J connectivity index is 1.93. The number of thioether (sulfide) groups is 1. The first-order valence-electron chi connectivity index (χ1n) is 6.73. The molecule has 5 nitrogen and oxygen atoms in total. The van der Waals surface area contributed by atoms with Crippen LogP contribution in [0.15, 0.2) is 23.5 Å². The van der Waals surface area contributed by atoms with Crippen LogP contribution in [0.5, 0.6) is 0 Å². The van der Waals surface area contributed by atoms with Crippen LogP contribution < -0.4 is 5.32 Å². The zero-order chi connectivity index (χ0) is 16.6. The van der Waals surface area contributed by atoms with Crippen LogP contribution in [0.1, 0.15) is 21.6 Å². The van der Waals surface area contributed by atoms with Crippen LogP contribution in [0.2, 0.25) is 5.02 Å². The molecule has 0 spiro atoms. The van der Waals surface area contributed by atoms with Crippen molar-refractivity contribution >= 4 is 56.0 Å². The normalized spacial score (nSPS) is 11.0. The molecule has 0 atom stereocenters. The second-order valence-electron chi connectivity index (χ2n) is 4.95. The van der Waals surface area contributed by atoms with Crippen molar-refractivity contribution in [1.82, 2.24) is 15.0 Å². The van der Waals surface area contributed by atoms with Gasteiger partial charge < -0.3 is 0 Å². The van der Waals surface area contributed by atoms with Crippen LogP contribution >= 0.6 is 34.7 Å². The molecule has 118 valence electrons. The predicted octanol–water partition coefficient (Wildman–Crippen LogP) is 4.33. The minimum atomic E-state index is -0.388. The second-order valence-corrected chi connectivity index (χ2v) is 7.17. The summed E-state index contributed by atoms with van der Waals surface area (Å²) in [5.74, 6) is -0.388. The summed E-state index contributed by atoms with van der Waals surface area (Å²) < 4.78 is 1.04. The van der Waals surface area contributed by atoms with Gasteiger partial charge in [0.1, 0.15) is 0 Å². The lowest BCUT2D eigenvalue weighted by Gasteiger charge is -2.04. The number of halogens is 1. The van der Waals surface area contributed by atoms with Crippen molar-refractivity contribution in [3.63, 3.8) is 0 Å². The molecule has 2 aromatic heterocycles. The van der Waals surface area contributed by atoms with E-state index in [0.717, 1.165) is 15.8 Å². The Kier molecular flexibility index (Phi) is 4.52. The number of hydrogen-bond donors (Lipinski definition) is 1. The molecule has 0 radical (unpaired) electrons. The van der Waals surface area contributed by atoms with Gasteiger partial charge in [-0.3, -0.25) is 10.1 Å². The number of hydrogen-bond acceptors (Lipinski definition) is 6. The summed E-state index contributed by atoms with van der Waals surface area (Å²) in [6.07, 6.45) is 3.27. The Morgan fingerprint density at radius 3 is 2.83 bits per heavy atom. The molecule has 0 aliphatic heterocycles. The predicted molar refractivity (Wildman–Crippen MR) is 95.9 cm³/mol. The molecule has 0 saturated carbocycles. The first-order valence-corrected chi connectivity index (χ1v) is 9.15. The van der Waals surface area contributed by atoms with E-state index in [-0.39, 0.29) is 16.6 Å². The summed E-state index contributed by atoms with van der Waals surface area (Å²) in [6.45, 7) is 4.04. The molecule has 0 fully saturated rings. The molecule has 0 aliphatic rings. The Bertz CT molecular complexity index is 910. The fraction of sp³-hybridized carbons (Fsp3) is 0.200. The largest absolute Gasteiger partial charge is 0.296 e. The summed E-state index contributed by atoms with van der Waals surface area (Å²) in [4.78, 5) is 25.1. The first-order chi connectivity index (χ1) is 11.0. The Morgan fingerprint density at radius 1 is 1.30 bits per heavy atom. The van der Waals surface area contributed by atoms with Crippen molar-refractivity contribution in [3.8, 4) is 0 Å². The smallest absolute Gasteiger partial charge is 0.277 e. The van der Waals surface area contributed by atoms with E-state index in [1.165, 1.54) is 34.9 Å². The van der Waals surface area contributed by atoms with Gasteiger partial charge in [0.25, 0.3) is 5.91 Å². The maximum absolute atomic E-state index is 12.4. The fourth-order valence-electron chi connectivity index (χ4n) is 2.19. The van der Waals surface area contributed by atoms with Gasteiger partial charge in [-0.05, 0) is 37.3 Å². The van der Waals surface area contributed by atoms with E-state index in [9.17, 15) is 4.79 Å². The molecule has 0 unspecified atom stereocenters. The highest BCUT2D eigenvalue weighted by molar-refractivity contribution is 7.98. The van der Waals surface area contributed by atoms with Crippen molar-refractivity contribution < 1.29 is 4.79 Å². The molecule has 0 bridgehead atoms. The van der Waals surface area contributed by atoms with Gasteiger partial charge in [-0.1, -0.05) is 40.8 Å². The van der Waals surface area contributed by atoms with E-state index in [4.69, 9.17) is 11.6 Å². The number of rotatable bonds is 3. The second kappa shape index (κ2) is 6.43. The van der Waals surface area contributed by atoms with Crippen molar-refractivity contribution in [2.24, 2.45) is 0 Å². The molecular weight excluding hydrogens is 352 g/mol. The molecule has 3 aromatic rings. The number of thiazole rings is 1. The van der Waals surface area contributed by atoms with Crippen molar-refractivity contribution in [2.75, 3.05) is 11.6 Å². The number of anilines is 1. The lowest BCUT2D eigenvalue weighted by molar-refractivity contribution is 0.102. The average molecular weight is 365 g/mol. The number of carbonyl (C=O) groups is 1. The zero-order valence-electron chi connectivity index (χ0n) is 12.7. The van der Waals surface area contributed by atoms with Crippen LogP contribution in [-0.2, 0) is 0 Å². The van der Waals surface area contributed by atoms with E-state index in [1.54, 1.807) is 0 Å². The van der Waals surface area contributed by atoms with Gasteiger partial charge in [0.05, 0.1) is 21.4 Å². The lowest BCUT2D eigenvalue weighted by Crippen LogP contribution is -2.15. The molecular formula is C15H13ClN4OS2. The van der Waals surface area contributed by atoms with Gasteiger partial charge in [-0.2, -0.15) is 0 Å². The van der Waals surface area contributed by atoms with E-state index in [1.807, 2.05) is 20.1 Å². The van der Waals surface area contributed by atoms with E-state index >= 15 is 0 Å². The quantitative estimate of drug-likeness (QED) is 0.553. The summed E-state index contributed by atoms with van der Waals surface area (Å²) in [6, 6.07) is 4.12. The van der Waals surface area contributed by atoms with Crippen LogP contribution in [0.25, 0.3) is 10.2 Å². The lowest BCUT2D eigenvalue weighted by atomic mass is 10.1. The summed E-state index contributed by atoms with van der Waals surface area (Å²) >= 11 is 8.81. The molecule has 3 rings (SSSR count). The zero-order valence-corrected chi connectivity index (χ0v) is 15.1. The number of carbonyl (C=O) groups excluding carboxylic acids is 1. The highest BCUT2D eigenvalue weighted by Crippen LogP contribution is 2.29. The summed E-state index contributed by atoms with van der Waals surface area (Å²) in [5, 5.41) is 4.01. The number of nitrogens with zero attached hydrogens (tertiary/aromatic N) is 3. The van der Waals surface area contributed by atoms with E-state index in [0.29, 0.717) is 10.3 Å². The van der Waals surface area contributed by atoms with Crippen LogP contribution in [0.4, 0.5) is 5.13 Å². The molecule has 0 saturated heterocycles. The number of aryl methyl sites for hydroxylation is 2. The molecule has 23 heavy (non-hydrogen) atoms. The molecule has 8 heteroatoms. The van der Waals surface area contributed by atoms with E-state index < -0.39 is 0 Å². The third kappa shape index (κ3) is 3.31. The first kappa shape index (κ1) is 16.2. The third-order valence-corrected chi connectivity index (χ3v) is 4.93. The maximum Gasteiger partial charge on any atom is 0.277 e. The average Bonchev–Trinajstić information content (AvgIpc) is 2.90. The summed E-state index contributed by atoms with van der Waals surface area (Å²) in [5.41, 5.74) is 3.30. The Morgan fingerprint density at radius 2 is 2.09 bits per heavy atom. The molecule has 2 heterocycles. The maximum atomic E-state index is 12.4. The van der Waals surface area contributed by atoms with Crippen LogP contribution in [-0.4, -0.2) is 27.1 Å². The summed E-state index contributed by atoms with van der Waals surface area (Å²) in [7, 11) is 0. The van der Waals surface area contributed by atoms with Crippen LogP contribution in [0.3, 0.4) is 0 Å². The number of amides is 1. The monoisotopic (exact) mass is 364 g/mol. The van der Waals surface area contributed by atoms with Gasteiger partial charge in [-0.15, -0.1) is 0 Å². The van der Waals surface area contributed by atoms with Gasteiger partial charge in [0, 0.05) is 0 Å². The minimum Gasteiger partial charge on any atom is -0.296 e. The SMILES string of the molecule is CSc1ncc(Cl)c(C(=O)Nc2nc3c(C)cc(C)cc3s2)n1. The molecule has 1 amide bonds. The highest BCUT2D eigenvalue weighted by Gasteiger charge is 2.16. The number of aromatic nitrogens is 3. The highest BCUT2D eigenvalue weighted by atomic mass is 35.5. The van der Waals surface area contributed by atoms with Crippen molar-refractivity contribution in [3.05, 3.63) is 40.2 Å². The van der Waals surface area contributed by atoms with E-state index in [2.05, 4.69) is 32.4 Å². The molecule has 1 N–H and O–H groups in total. The van der Waals surface area contributed by atoms with Gasteiger partial charge in [0.2, 0.25) is 0 Å². The van der Waals surface area contributed by atoms with Gasteiger partial charge >= 0.3 is 0 Å². The molecule has 1 aromatic carbocycles. The minimum absolute atomic E-state index is 0.151. The topological polar surface area (TPSA) is 67.8 Å². The Hall–Kier alpha value is -1.70. The number of benzene rings is 1. The van der Waals surface area contributed by atoms with Crippen LogP contribution in [0, 0.1) is 13.8 Å². The van der Waals surface area contributed by atoms with Crippen molar-refractivity contribution in [2.45, 2.75) is 19.0 Å². The molecule has 0 aliphatic carbocycles.